The van der Waals surface area contributed by atoms with E-state index in [9.17, 15) is 9.59 Å². The molecule has 0 atom stereocenters. The maximum atomic E-state index is 12.4. The summed E-state index contributed by atoms with van der Waals surface area (Å²) in [4.78, 5) is 39.5. The van der Waals surface area contributed by atoms with Gasteiger partial charge in [0.15, 0.2) is 11.5 Å². The summed E-state index contributed by atoms with van der Waals surface area (Å²) in [5.41, 5.74) is 0.474. The second-order valence-electron chi connectivity index (χ2n) is 7.76. The van der Waals surface area contributed by atoms with Crippen LogP contribution in [0.25, 0.3) is 0 Å². The molecule has 2 aliphatic heterocycles. The fourth-order valence-electron chi connectivity index (χ4n) is 3.92. The summed E-state index contributed by atoms with van der Waals surface area (Å²) in [5, 5.41) is 1.34. The van der Waals surface area contributed by atoms with Crippen LogP contribution >= 0.6 is 0 Å². The number of Topliss-reactive ketones (excluding diaryl/α,β-unsaturated/α-hetero) is 1. The molecule has 8 heteroatoms. The Morgan fingerprint density at radius 3 is 2.55 bits per heavy atom. The fourth-order valence-corrected chi connectivity index (χ4v) is 3.92. The maximum Gasteiger partial charge on any atom is 0.262 e. The molecule has 0 N–H and O–H groups in total. The summed E-state index contributed by atoms with van der Waals surface area (Å²) in [5.74, 6) is 1.58. The standard InChI is InChI=1S/C23H28N4O4/c1-30-22-10-6-9-21(24-22)26-15-13-25(14-16-26)11-4-5-12-27-23(29)17-19(28)18-7-2-3-8-20(18)31-27/h2-3,6-10H,4-5,11-17H2,1H3. The summed E-state index contributed by atoms with van der Waals surface area (Å²) in [6, 6.07) is 12.9. The highest BCUT2D eigenvalue weighted by atomic mass is 16.7. The lowest BCUT2D eigenvalue weighted by atomic mass is 10.1. The second kappa shape index (κ2) is 9.78. The van der Waals surface area contributed by atoms with E-state index < -0.39 is 0 Å². The second-order valence-corrected chi connectivity index (χ2v) is 7.76. The molecule has 0 radical (unpaired) electrons. The van der Waals surface area contributed by atoms with Crippen LogP contribution < -0.4 is 14.5 Å². The Morgan fingerprint density at radius 2 is 1.74 bits per heavy atom. The van der Waals surface area contributed by atoms with Gasteiger partial charge in [-0.3, -0.25) is 14.5 Å². The number of aromatic nitrogens is 1. The number of methoxy groups -OCH3 is 1. The number of piperazine rings is 1. The van der Waals surface area contributed by atoms with Gasteiger partial charge in [0, 0.05) is 32.2 Å². The zero-order valence-corrected chi connectivity index (χ0v) is 17.8. The molecule has 1 amide bonds. The molecule has 2 aliphatic rings. The van der Waals surface area contributed by atoms with Crippen LogP contribution in [0.1, 0.15) is 29.6 Å². The molecule has 0 saturated carbocycles. The highest BCUT2D eigenvalue weighted by molar-refractivity contribution is 6.09. The van der Waals surface area contributed by atoms with Crippen molar-refractivity contribution < 1.29 is 19.2 Å². The zero-order valence-electron chi connectivity index (χ0n) is 17.8. The van der Waals surface area contributed by atoms with E-state index in [0.29, 0.717) is 23.7 Å². The van der Waals surface area contributed by atoms with Gasteiger partial charge in [0.25, 0.3) is 5.91 Å². The first kappa shape index (κ1) is 21.1. The van der Waals surface area contributed by atoms with E-state index in [1.54, 1.807) is 31.4 Å². The molecule has 0 bridgehead atoms. The van der Waals surface area contributed by atoms with E-state index in [0.717, 1.165) is 51.4 Å². The van der Waals surface area contributed by atoms with Crippen molar-refractivity contribution in [3.63, 3.8) is 0 Å². The molecule has 1 aromatic heterocycles. The van der Waals surface area contributed by atoms with Crippen LogP contribution in [0.2, 0.25) is 0 Å². The smallest absolute Gasteiger partial charge is 0.262 e. The number of carbonyl (C=O) groups is 2. The number of benzene rings is 1. The number of rotatable bonds is 7. The Hall–Kier alpha value is -3.13. The minimum absolute atomic E-state index is 0.142. The number of anilines is 1. The fraction of sp³-hybridized carbons (Fsp3) is 0.435. The molecule has 4 rings (SSSR count). The van der Waals surface area contributed by atoms with Crippen LogP contribution in [-0.2, 0) is 4.79 Å². The normalized spacial score (nSPS) is 17.2. The van der Waals surface area contributed by atoms with Gasteiger partial charge in [-0.05, 0) is 37.6 Å². The number of nitrogens with zero attached hydrogens (tertiary/aromatic N) is 4. The number of pyridine rings is 1. The largest absolute Gasteiger partial charge is 0.481 e. The predicted molar refractivity (Wildman–Crippen MR) is 116 cm³/mol. The number of ketones is 1. The quantitative estimate of drug-likeness (QED) is 0.499. The van der Waals surface area contributed by atoms with Crippen molar-refractivity contribution in [3.8, 4) is 11.6 Å². The van der Waals surface area contributed by atoms with Crippen molar-refractivity contribution in [1.29, 1.82) is 0 Å². The van der Waals surface area contributed by atoms with Crippen molar-refractivity contribution >= 4 is 17.5 Å². The van der Waals surface area contributed by atoms with E-state index >= 15 is 0 Å². The van der Waals surface area contributed by atoms with E-state index in [2.05, 4.69) is 14.8 Å². The summed E-state index contributed by atoms with van der Waals surface area (Å²) in [6.07, 6.45) is 1.64. The molecule has 0 spiro atoms. The lowest BCUT2D eigenvalue weighted by molar-refractivity contribution is -0.155. The van der Waals surface area contributed by atoms with Gasteiger partial charge < -0.3 is 14.5 Å². The van der Waals surface area contributed by atoms with Gasteiger partial charge in [-0.1, -0.05) is 18.2 Å². The van der Waals surface area contributed by atoms with E-state index in [1.807, 2.05) is 18.2 Å². The molecule has 3 heterocycles. The monoisotopic (exact) mass is 424 g/mol. The number of hydroxylamine groups is 2. The molecular weight excluding hydrogens is 396 g/mol. The van der Waals surface area contributed by atoms with Gasteiger partial charge >= 0.3 is 0 Å². The van der Waals surface area contributed by atoms with Crippen LogP contribution in [0.3, 0.4) is 0 Å². The number of hydrogen-bond acceptors (Lipinski definition) is 7. The number of hydrogen-bond donors (Lipinski definition) is 0. The van der Waals surface area contributed by atoms with Crippen LogP contribution in [0.4, 0.5) is 5.82 Å². The van der Waals surface area contributed by atoms with Gasteiger partial charge in [0.05, 0.1) is 25.6 Å². The van der Waals surface area contributed by atoms with Crippen molar-refractivity contribution in [3.05, 3.63) is 48.0 Å². The lowest BCUT2D eigenvalue weighted by Crippen LogP contribution is -2.47. The Morgan fingerprint density at radius 1 is 0.968 bits per heavy atom. The predicted octanol–water partition coefficient (Wildman–Crippen LogP) is 2.40. The van der Waals surface area contributed by atoms with Gasteiger partial charge in [-0.2, -0.15) is 10.0 Å². The van der Waals surface area contributed by atoms with Gasteiger partial charge in [-0.25, -0.2) is 0 Å². The molecule has 0 aliphatic carbocycles. The van der Waals surface area contributed by atoms with Crippen molar-refractivity contribution in [2.24, 2.45) is 0 Å². The Kier molecular flexibility index (Phi) is 6.66. The van der Waals surface area contributed by atoms with Crippen LogP contribution in [-0.4, -0.2) is 73.0 Å². The van der Waals surface area contributed by atoms with E-state index in [-0.39, 0.29) is 18.1 Å². The molecule has 31 heavy (non-hydrogen) atoms. The third kappa shape index (κ3) is 5.14. The van der Waals surface area contributed by atoms with E-state index in [4.69, 9.17) is 9.57 Å². The highest BCUT2D eigenvalue weighted by Crippen LogP contribution is 2.24. The third-order valence-electron chi connectivity index (χ3n) is 5.69. The average Bonchev–Trinajstić information content (AvgIpc) is 2.93. The number of unbranched alkanes of at least 4 members (excludes halogenated alkanes) is 1. The number of fused-ring (bicyclic) bond motifs is 1. The first-order chi connectivity index (χ1) is 15.1. The molecule has 1 fully saturated rings. The molecule has 1 aromatic carbocycles. The number of para-hydroxylation sites is 1. The zero-order chi connectivity index (χ0) is 21.6. The summed E-state index contributed by atoms with van der Waals surface area (Å²) in [6.45, 7) is 5.24. The van der Waals surface area contributed by atoms with Crippen molar-refractivity contribution in [2.45, 2.75) is 19.3 Å². The Labute approximate surface area is 182 Å². The minimum Gasteiger partial charge on any atom is -0.481 e. The van der Waals surface area contributed by atoms with Crippen molar-refractivity contribution in [2.75, 3.05) is 51.3 Å². The molecule has 8 nitrogen and oxygen atoms in total. The first-order valence-corrected chi connectivity index (χ1v) is 10.7. The van der Waals surface area contributed by atoms with Gasteiger partial charge in [-0.15, -0.1) is 0 Å². The minimum atomic E-state index is -0.277. The van der Waals surface area contributed by atoms with Crippen LogP contribution in [0.15, 0.2) is 42.5 Å². The molecule has 2 aromatic rings. The third-order valence-corrected chi connectivity index (χ3v) is 5.69. The summed E-state index contributed by atoms with van der Waals surface area (Å²) < 4.78 is 5.22. The van der Waals surface area contributed by atoms with Crippen LogP contribution in [0.5, 0.6) is 11.6 Å². The highest BCUT2D eigenvalue weighted by Gasteiger charge is 2.27. The SMILES string of the molecule is COc1cccc(N2CCN(CCCCN3Oc4ccccc4C(=O)CC3=O)CC2)n1. The van der Waals surface area contributed by atoms with Gasteiger partial charge in [0.2, 0.25) is 5.88 Å². The summed E-state index contributed by atoms with van der Waals surface area (Å²) >= 11 is 0. The van der Waals surface area contributed by atoms with Gasteiger partial charge in [0.1, 0.15) is 5.82 Å². The van der Waals surface area contributed by atoms with Crippen LogP contribution in [0, 0.1) is 0 Å². The van der Waals surface area contributed by atoms with E-state index in [1.165, 1.54) is 5.06 Å². The Bertz CT molecular complexity index is 927. The molecule has 1 saturated heterocycles. The maximum absolute atomic E-state index is 12.4. The number of amides is 1. The topological polar surface area (TPSA) is 75.2 Å². The summed E-state index contributed by atoms with van der Waals surface area (Å²) in [7, 11) is 1.63. The Balaban J connectivity index is 1.21. The first-order valence-electron chi connectivity index (χ1n) is 10.7. The number of carbonyl (C=O) groups excluding carboxylic acids is 2. The van der Waals surface area contributed by atoms with Crippen molar-refractivity contribution in [1.82, 2.24) is 14.9 Å². The molecular formula is C23H28N4O4. The molecule has 0 unspecified atom stereocenters. The lowest BCUT2D eigenvalue weighted by Gasteiger charge is -2.35. The molecule has 164 valence electrons. The number of ether oxygens (including phenoxy) is 1. The average molecular weight is 425 g/mol.